The van der Waals surface area contributed by atoms with E-state index in [4.69, 9.17) is 0 Å². The first-order valence-corrected chi connectivity index (χ1v) is 8.43. The van der Waals surface area contributed by atoms with Gasteiger partial charge in [-0.2, -0.15) is 5.10 Å². The van der Waals surface area contributed by atoms with Gasteiger partial charge in [-0.1, -0.05) is 18.2 Å². The SMILES string of the molecule is Cn1cc(NC(=O)CN2CC[C@@H](O)[C@H](Cc3ccccc3F)C2)cn1. The van der Waals surface area contributed by atoms with Gasteiger partial charge in [0.05, 0.1) is 24.5 Å². The minimum absolute atomic E-state index is 0.0863. The molecule has 1 aliphatic rings. The molecule has 2 atom stereocenters. The lowest BCUT2D eigenvalue weighted by Gasteiger charge is -2.36. The van der Waals surface area contributed by atoms with Gasteiger partial charge in [0.1, 0.15) is 5.82 Å². The minimum atomic E-state index is -0.475. The van der Waals surface area contributed by atoms with Crippen LogP contribution in [0.25, 0.3) is 0 Å². The molecule has 2 aromatic rings. The molecule has 0 spiro atoms. The summed E-state index contributed by atoms with van der Waals surface area (Å²) in [5.74, 6) is -0.452. The van der Waals surface area contributed by atoms with Gasteiger partial charge in [0.25, 0.3) is 0 Å². The number of benzene rings is 1. The topological polar surface area (TPSA) is 70.4 Å². The molecule has 1 aromatic heterocycles. The Bertz CT molecular complexity index is 733. The molecule has 1 aromatic carbocycles. The predicted octanol–water partition coefficient (Wildman–Crippen LogP) is 1.42. The number of anilines is 1. The first-order chi connectivity index (χ1) is 12.0. The number of amides is 1. The number of hydrogen-bond donors (Lipinski definition) is 2. The number of likely N-dealkylation sites (tertiary alicyclic amines) is 1. The van der Waals surface area contributed by atoms with E-state index in [-0.39, 0.29) is 24.2 Å². The molecule has 0 aliphatic carbocycles. The van der Waals surface area contributed by atoms with Gasteiger partial charge in [-0.3, -0.25) is 14.4 Å². The number of halogens is 1. The fourth-order valence-electron chi connectivity index (χ4n) is 3.28. The molecule has 3 rings (SSSR count). The number of carbonyl (C=O) groups is 1. The molecule has 0 saturated carbocycles. The number of piperidine rings is 1. The smallest absolute Gasteiger partial charge is 0.238 e. The number of nitrogens with zero attached hydrogens (tertiary/aromatic N) is 3. The van der Waals surface area contributed by atoms with Crippen molar-refractivity contribution in [3.63, 3.8) is 0 Å². The Hall–Kier alpha value is -2.25. The Balaban J connectivity index is 1.56. The number of hydrogen-bond acceptors (Lipinski definition) is 4. The third-order valence-corrected chi connectivity index (χ3v) is 4.57. The van der Waals surface area contributed by atoms with Gasteiger partial charge < -0.3 is 10.4 Å². The zero-order valence-electron chi connectivity index (χ0n) is 14.2. The van der Waals surface area contributed by atoms with E-state index >= 15 is 0 Å². The molecular formula is C18H23FN4O2. The highest BCUT2D eigenvalue weighted by molar-refractivity contribution is 5.91. The van der Waals surface area contributed by atoms with E-state index in [2.05, 4.69) is 10.4 Å². The molecule has 1 amide bonds. The first-order valence-electron chi connectivity index (χ1n) is 8.43. The molecule has 0 unspecified atom stereocenters. The highest BCUT2D eigenvalue weighted by atomic mass is 19.1. The lowest BCUT2D eigenvalue weighted by atomic mass is 9.88. The molecule has 25 heavy (non-hydrogen) atoms. The van der Waals surface area contributed by atoms with Crippen LogP contribution in [0.1, 0.15) is 12.0 Å². The second-order valence-corrected chi connectivity index (χ2v) is 6.60. The quantitative estimate of drug-likeness (QED) is 0.859. The highest BCUT2D eigenvalue weighted by Crippen LogP contribution is 2.22. The molecule has 1 fully saturated rings. The van der Waals surface area contributed by atoms with Crippen molar-refractivity contribution in [3.05, 3.63) is 48.0 Å². The van der Waals surface area contributed by atoms with Gasteiger partial charge in [0, 0.05) is 32.3 Å². The summed E-state index contributed by atoms with van der Waals surface area (Å²) < 4.78 is 15.5. The number of aliphatic hydroxyl groups is 1. The third kappa shape index (κ3) is 4.64. The summed E-state index contributed by atoms with van der Waals surface area (Å²) in [4.78, 5) is 14.2. The van der Waals surface area contributed by atoms with Gasteiger partial charge in [0.2, 0.25) is 5.91 Å². The molecule has 6 nitrogen and oxygen atoms in total. The molecule has 1 saturated heterocycles. The number of aryl methyl sites for hydroxylation is 1. The Kier molecular flexibility index (Phi) is 5.45. The van der Waals surface area contributed by atoms with Crippen molar-refractivity contribution in [2.75, 3.05) is 25.0 Å². The van der Waals surface area contributed by atoms with Crippen molar-refractivity contribution in [1.82, 2.24) is 14.7 Å². The molecule has 7 heteroatoms. The van der Waals surface area contributed by atoms with Gasteiger partial charge in [0.15, 0.2) is 0 Å². The number of nitrogens with one attached hydrogen (secondary N) is 1. The lowest BCUT2D eigenvalue weighted by Crippen LogP contribution is -2.46. The largest absolute Gasteiger partial charge is 0.393 e. The van der Waals surface area contributed by atoms with Crippen LogP contribution in [0.2, 0.25) is 0 Å². The van der Waals surface area contributed by atoms with Crippen LogP contribution in [-0.2, 0) is 18.3 Å². The van der Waals surface area contributed by atoms with Crippen LogP contribution in [0.5, 0.6) is 0 Å². The fourth-order valence-corrected chi connectivity index (χ4v) is 3.28. The molecule has 134 valence electrons. The van der Waals surface area contributed by atoms with E-state index < -0.39 is 6.10 Å². The van der Waals surface area contributed by atoms with E-state index in [0.29, 0.717) is 37.2 Å². The van der Waals surface area contributed by atoms with Crippen LogP contribution in [0.3, 0.4) is 0 Å². The second kappa shape index (κ2) is 7.76. The second-order valence-electron chi connectivity index (χ2n) is 6.60. The van der Waals surface area contributed by atoms with Crippen molar-refractivity contribution in [1.29, 1.82) is 0 Å². The predicted molar refractivity (Wildman–Crippen MR) is 92.5 cm³/mol. The minimum Gasteiger partial charge on any atom is -0.393 e. The maximum atomic E-state index is 13.9. The van der Waals surface area contributed by atoms with Crippen LogP contribution in [0.15, 0.2) is 36.7 Å². The Morgan fingerprint density at radius 1 is 1.44 bits per heavy atom. The molecular weight excluding hydrogens is 323 g/mol. The number of aromatic nitrogens is 2. The van der Waals surface area contributed by atoms with E-state index in [0.717, 1.165) is 0 Å². The molecule has 0 bridgehead atoms. The van der Waals surface area contributed by atoms with Crippen molar-refractivity contribution >= 4 is 11.6 Å². The molecule has 2 N–H and O–H groups in total. The summed E-state index contributed by atoms with van der Waals surface area (Å²) >= 11 is 0. The van der Waals surface area contributed by atoms with Crippen LogP contribution in [0, 0.1) is 11.7 Å². The Morgan fingerprint density at radius 2 is 2.24 bits per heavy atom. The van der Waals surface area contributed by atoms with Crippen LogP contribution in [0.4, 0.5) is 10.1 Å². The average molecular weight is 346 g/mol. The third-order valence-electron chi connectivity index (χ3n) is 4.57. The summed E-state index contributed by atoms with van der Waals surface area (Å²) in [5, 5.41) is 17.1. The normalized spacial score (nSPS) is 21.2. The molecule has 1 aliphatic heterocycles. The standard InChI is InChI=1S/C18H23FN4O2/c1-22-11-15(9-20-22)21-18(25)12-23-7-6-17(24)14(10-23)8-13-4-2-3-5-16(13)19/h2-5,9,11,14,17,24H,6-8,10,12H2,1H3,(H,21,25)/t14-,17-/m1/s1. The summed E-state index contributed by atoms with van der Waals surface area (Å²) in [6.45, 7) is 1.46. The maximum Gasteiger partial charge on any atom is 0.238 e. The van der Waals surface area contributed by atoms with Crippen molar-refractivity contribution in [2.45, 2.75) is 18.9 Å². The highest BCUT2D eigenvalue weighted by Gasteiger charge is 2.29. The summed E-state index contributed by atoms with van der Waals surface area (Å²) in [5.41, 5.74) is 1.26. The Morgan fingerprint density at radius 3 is 2.96 bits per heavy atom. The van der Waals surface area contributed by atoms with Crippen LogP contribution < -0.4 is 5.32 Å². The number of carbonyl (C=O) groups excluding carboxylic acids is 1. The number of rotatable bonds is 5. The first kappa shape index (κ1) is 17.6. The summed E-state index contributed by atoms with van der Waals surface area (Å²) in [7, 11) is 1.79. The zero-order valence-corrected chi connectivity index (χ0v) is 14.2. The summed E-state index contributed by atoms with van der Waals surface area (Å²) in [6, 6.07) is 6.64. The van der Waals surface area contributed by atoms with Gasteiger partial charge in [-0.05, 0) is 24.5 Å². The lowest BCUT2D eigenvalue weighted by molar-refractivity contribution is -0.118. The van der Waals surface area contributed by atoms with Crippen LogP contribution >= 0.6 is 0 Å². The molecule has 2 heterocycles. The van der Waals surface area contributed by atoms with Crippen molar-refractivity contribution in [2.24, 2.45) is 13.0 Å². The maximum absolute atomic E-state index is 13.9. The van der Waals surface area contributed by atoms with Crippen LogP contribution in [-0.4, -0.2) is 51.4 Å². The van der Waals surface area contributed by atoms with Gasteiger partial charge in [-0.15, -0.1) is 0 Å². The van der Waals surface area contributed by atoms with E-state index in [1.807, 2.05) is 4.90 Å². The zero-order chi connectivity index (χ0) is 17.8. The van der Waals surface area contributed by atoms with Gasteiger partial charge in [-0.25, -0.2) is 4.39 Å². The van der Waals surface area contributed by atoms with E-state index in [1.165, 1.54) is 6.07 Å². The summed E-state index contributed by atoms with van der Waals surface area (Å²) in [6.07, 6.45) is 3.91. The van der Waals surface area contributed by atoms with Crippen molar-refractivity contribution in [3.8, 4) is 0 Å². The fraction of sp³-hybridized carbons (Fsp3) is 0.444. The average Bonchev–Trinajstić information content (AvgIpc) is 2.97. The van der Waals surface area contributed by atoms with Gasteiger partial charge >= 0.3 is 0 Å². The number of aliphatic hydroxyl groups excluding tert-OH is 1. The Labute approximate surface area is 146 Å². The monoisotopic (exact) mass is 346 g/mol. The van der Waals surface area contributed by atoms with Crippen molar-refractivity contribution < 1.29 is 14.3 Å². The molecule has 0 radical (unpaired) electrons. The van der Waals surface area contributed by atoms with E-state index in [9.17, 15) is 14.3 Å². The van der Waals surface area contributed by atoms with E-state index in [1.54, 1.807) is 42.3 Å².